The van der Waals surface area contributed by atoms with Gasteiger partial charge in [0.25, 0.3) is 0 Å². The quantitative estimate of drug-likeness (QED) is 0.537. The molecule has 2 nitrogen and oxygen atoms in total. The van der Waals surface area contributed by atoms with Gasteiger partial charge < -0.3 is 5.32 Å². The zero-order chi connectivity index (χ0) is 13.2. The molecule has 0 aromatic heterocycles. The van der Waals surface area contributed by atoms with Gasteiger partial charge in [-0.15, -0.1) is 0 Å². The number of carbonyl (C=O) groups is 1. The summed E-state index contributed by atoms with van der Waals surface area (Å²) < 4.78 is 1.02. The number of benzene rings is 1. The Labute approximate surface area is 126 Å². The van der Waals surface area contributed by atoms with E-state index in [0.717, 1.165) is 28.3 Å². The van der Waals surface area contributed by atoms with E-state index < -0.39 is 0 Å². The fourth-order valence-electron chi connectivity index (χ4n) is 1.70. The summed E-state index contributed by atoms with van der Waals surface area (Å²) in [6.07, 6.45) is 5.15. The summed E-state index contributed by atoms with van der Waals surface area (Å²) in [4.78, 5) is 11.7. The minimum Gasteiger partial charge on any atom is -0.356 e. The highest BCUT2D eigenvalue weighted by Gasteiger charge is 2.02. The Morgan fingerprint density at radius 1 is 1.17 bits per heavy atom. The van der Waals surface area contributed by atoms with Crippen molar-refractivity contribution >= 4 is 37.8 Å². The van der Waals surface area contributed by atoms with Crippen molar-refractivity contribution in [3.05, 3.63) is 34.3 Å². The van der Waals surface area contributed by atoms with Gasteiger partial charge in [-0.2, -0.15) is 0 Å². The Morgan fingerprint density at radius 2 is 1.94 bits per heavy atom. The highest BCUT2D eigenvalue weighted by molar-refractivity contribution is 9.10. The highest BCUT2D eigenvalue weighted by Crippen LogP contribution is 2.11. The monoisotopic (exact) mass is 375 g/mol. The molecule has 0 aliphatic carbocycles. The lowest BCUT2D eigenvalue weighted by molar-refractivity contribution is -0.120. The zero-order valence-electron chi connectivity index (χ0n) is 10.4. The molecular weight excluding hydrogens is 358 g/mol. The van der Waals surface area contributed by atoms with E-state index in [4.69, 9.17) is 0 Å². The van der Waals surface area contributed by atoms with Crippen molar-refractivity contribution in [2.45, 2.75) is 32.1 Å². The van der Waals surface area contributed by atoms with Gasteiger partial charge in [-0.25, -0.2) is 0 Å². The fraction of sp³-hybridized carbons (Fsp3) is 0.500. The summed E-state index contributed by atoms with van der Waals surface area (Å²) in [5.74, 6) is 0.105. The van der Waals surface area contributed by atoms with Crippen molar-refractivity contribution in [3.63, 3.8) is 0 Å². The Hall–Kier alpha value is -0.350. The maximum absolute atomic E-state index is 11.7. The first-order valence-electron chi connectivity index (χ1n) is 6.29. The summed E-state index contributed by atoms with van der Waals surface area (Å²) in [6.45, 7) is 0.787. The zero-order valence-corrected chi connectivity index (χ0v) is 13.6. The second-order valence-electron chi connectivity index (χ2n) is 4.26. The summed E-state index contributed by atoms with van der Waals surface area (Å²) in [5.41, 5.74) is 1.04. The molecule has 1 N–H and O–H groups in total. The van der Waals surface area contributed by atoms with Crippen molar-refractivity contribution in [3.8, 4) is 0 Å². The molecule has 0 aliphatic rings. The second kappa shape index (κ2) is 9.56. The molecule has 0 saturated carbocycles. The van der Waals surface area contributed by atoms with Crippen LogP contribution in [0.5, 0.6) is 0 Å². The van der Waals surface area contributed by atoms with Crippen LogP contribution in [0.2, 0.25) is 0 Å². The lowest BCUT2D eigenvalue weighted by atomic mass is 10.1. The van der Waals surface area contributed by atoms with Gasteiger partial charge in [-0.3, -0.25) is 4.79 Å². The Morgan fingerprint density at radius 3 is 2.67 bits per heavy atom. The third kappa shape index (κ3) is 7.17. The molecule has 0 radical (unpaired) electrons. The first-order valence-corrected chi connectivity index (χ1v) is 8.21. The Balaban J connectivity index is 2.14. The molecule has 18 heavy (non-hydrogen) atoms. The largest absolute Gasteiger partial charge is 0.356 e. The lowest BCUT2D eigenvalue weighted by Gasteiger charge is -2.05. The van der Waals surface area contributed by atoms with Crippen LogP contribution in [0.15, 0.2) is 28.7 Å². The van der Waals surface area contributed by atoms with E-state index in [2.05, 4.69) is 37.2 Å². The van der Waals surface area contributed by atoms with Crippen LogP contribution < -0.4 is 5.32 Å². The van der Waals surface area contributed by atoms with Crippen LogP contribution in [0, 0.1) is 0 Å². The van der Waals surface area contributed by atoms with Crippen LogP contribution in [0.4, 0.5) is 0 Å². The third-order valence-corrected chi connectivity index (χ3v) is 3.69. The van der Waals surface area contributed by atoms with Crippen LogP contribution in [-0.4, -0.2) is 17.8 Å². The smallest absolute Gasteiger partial charge is 0.224 e. The van der Waals surface area contributed by atoms with Gasteiger partial charge in [-0.05, 0) is 30.5 Å². The number of halogens is 2. The van der Waals surface area contributed by atoms with Gasteiger partial charge in [0.2, 0.25) is 5.91 Å². The van der Waals surface area contributed by atoms with Gasteiger partial charge in [0, 0.05) is 16.3 Å². The van der Waals surface area contributed by atoms with Crippen molar-refractivity contribution in [1.29, 1.82) is 0 Å². The first-order chi connectivity index (χ1) is 8.72. The van der Waals surface area contributed by atoms with Gasteiger partial charge >= 0.3 is 0 Å². The highest BCUT2D eigenvalue weighted by atomic mass is 79.9. The molecule has 1 rings (SSSR count). The van der Waals surface area contributed by atoms with Gasteiger partial charge in [0.15, 0.2) is 0 Å². The number of carbonyl (C=O) groups excluding carboxylic acids is 1. The molecule has 0 spiro atoms. The Kier molecular flexibility index (Phi) is 8.34. The molecule has 0 atom stereocenters. The average Bonchev–Trinajstić information content (AvgIpc) is 2.33. The van der Waals surface area contributed by atoms with E-state index in [0.29, 0.717) is 6.42 Å². The van der Waals surface area contributed by atoms with Crippen LogP contribution in [-0.2, 0) is 11.2 Å². The summed E-state index contributed by atoms with van der Waals surface area (Å²) in [7, 11) is 0. The van der Waals surface area contributed by atoms with E-state index in [-0.39, 0.29) is 5.91 Å². The van der Waals surface area contributed by atoms with Crippen LogP contribution in [0.3, 0.4) is 0 Å². The van der Waals surface area contributed by atoms with Crippen molar-refractivity contribution in [1.82, 2.24) is 5.32 Å². The van der Waals surface area contributed by atoms with Crippen LogP contribution in [0.1, 0.15) is 31.2 Å². The summed E-state index contributed by atoms with van der Waals surface area (Å²) in [6, 6.07) is 7.87. The molecule has 0 unspecified atom stereocenters. The second-order valence-corrected chi connectivity index (χ2v) is 5.97. The number of rotatable bonds is 8. The van der Waals surface area contributed by atoms with Crippen LogP contribution >= 0.6 is 31.9 Å². The summed E-state index contributed by atoms with van der Waals surface area (Å²) in [5, 5.41) is 4.03. The maximum Gasteiger partial charge on any atom is 0.224 e. The standard InChI is InChI=1S/C14H19Br2NO/c15-8-3-1-2-4-9-17-14(18)11-12-6-5-7-13(16)10-12/h5-7,10H,1-4,8-9,11H2,(H,17,18). The number of nitrogens with one attached hydrogen (secondary N) is 1. The molecule has 0 aliphatic heterocycles. The van der Waals surface area contributed by atoms with Crippen molar-refractivity contribution < 1.29 is 4.79 Å². The molecule has 1 aromatic carbocycles. The molecule has 1 amide bonds. The molecule has 100 valence electrons. The number of unbranched alkanes of at least 4 members (excludes halogenated alkanes) is 3. The molecule has 1 aromatic rings. The number of amides is 1. The molecular formula is C14H19Br2NO. The minimum atomic E-state index is 0.105. The molecule has 4 heteroatoms. The fourth-order valence-corrected chi connectivity index (χ4v) is 2.54. The van der Waals surface area contributed by atoms with E-state index >= 15 is 0 Å². The predicted molar refractivity (Wildman–Crippen MR) is 83.1 cm³/mol. The average molecular weight is 377 g/mol. The van der Waals surface area contributed by atoms with Gasteiger partial charge in [0.05, 0.1) is 6.42 Å². The molecule has 0 bridgehead atoms. The van der Waals surface area contributed by atoms with Crippen LogP contribution in [0.25, 0.3) is 0 Å². The molecule has 0 heterocycles. The summed E-state index contributed by atoms with van der Waals surface area (Å²) >= 11 is 6.82. The van der Waals surface area contributed by atoms with Crippen molar-refractivity contribution in [2.24, 2.45) is 0 Å². The maximum atomic E-state index is 11.7. The normalized spacial score (nSPS) is 10.3. The molecule has 0 fully saturated rings. The first kappa shape index (κ1) is 15.7. The minimum absolute atomic E-state index is 0.105. The van der Waals surface area contributed by atoms with Crippen molar-refractivity contribution in [2.75, 3.05) is 11.9 Å². The SMILES string of the molecule is O=C(Cc1cccc(Br)c1)NCCCCCCBr. The topological polar surface area (TPSA) is 29.1 Å². The van der Waals surface area contributed by atoms with E-state index in [1.165, 1.54) is 19.3 Å². The lowest BCUT2D eigenvalue weighted by Crippen LogP contribution is -2.26. The number of alkyl halides is 1. The molecule has 0 saturated heterocycles. The van der Waals surface area contributed by atoms with Gasteiger partial charge in [0.1, 0.15) is 0 Å². The van der Waals surface area contributed by atoms with Gasteiger partial charge in [-0.1, -0.05) is 56.8 Å². The van der Waals surface area contributed by atoms with E-state index in [1.807, 2.05) is 24.3 Å². The van der Waals surface area contributed by atoms with E-state index in [1.54, 1.807) is 0 Å². The van der Waals surface area contributed by atoms with E-state index in [9.17, 15) is 4.79 Å². The number of hydrogen-bond acceptors (Lipinski definition) is 1. The predicted octanol–water partition coefficient (Wildman–Crippen LogP) is 4.06. The number of hydrogen-bond donors (Lipinski definition) is 1. The third-order valence-electron chi connectivity index (χ3n) is 2.64. The Bertz CT molecular complexity index is 369.